The monoisotopic (exact) mass is 506 g/mol. The van der Waals surface area contributed by atoms with Gasteiger partial charge in [0.2, 0.25) is 13.1 Å². The molecule has 0 fully saturated rings. The van der Waals surface area contributed by atoms with Crippen molar-refractivity contribution in [3.05, 3.63) is 70.2 Å². The molecule has 0 spiro atoms. The highest BCUT2D eigenvalue weighted by atomic mass is 35.5. The maximum Gasteiger partial charge on any atom is 0.407 e. The van der Waals surface area contributed by atoms with Gasteiger partial charge in [-0.3, -0.25) is 9.69 Å². The summed E-state index contributed by atoms with van der Waals surface area (Å²) in [5, 5.41) is 34.0. The number of quaternary nitrogens is 1. The van der Waals surface area contributed by atoms with Crippen molar-refractivity contribution in [2.75, 3.05) is 52.9 Å². The van der Waals surface area contributed by atoms with E-state index in [4.69, 9.17) is 47.3 Å². The summed E-state index contributed by atoms with van der Waals surface area (Å²) in [5.74, 6) is 0. The maximum atomic E-state index is 8.51. The third-order valence-electron chi connectivity index (χ3n) is 3.39. The molecule has 0 aromatic rings. The van der Waals surface area contributed by atoms with Gasteiger partial charge in [0.25, 0.3) is 0 Å². The van der Waals surface area contributed by atoms with Gasteiger partial charge in [0.05, 0.1) is 18.2 Å². The van der Waals surface area contributed by atoms with Crippen LogP contribution in [-0.4, -0.2) is 79.3 Å². The summed E-state index contributed by atoms with van der Waals surface area (Å²) in [6.45, 7) is 28.0. The zero-order valence-electron chi connectivity index (χ0n) is 18.9. The maximum absolute atomic E-state index is 8.51. The Morgan fingerprint density at radius 2 is 1.19 bits per heavy atom. The van der Waals surface area contributed by atoms with E-state index in [1.807, 2.05) is 24.3 Å². The van der Waals surface area contributed by atoms with Crippen molar-refractivity contribution >= 4 is 12.4 Å². The van der Waals surface area contributed by atoms with E-state index < -0.39 is 0 Å². The van der Waals surface area contributed by atoms with Crippen LogP contribution in [0.2, 0.25) is 0 Å². The van der Waals surface area contributed by atoms with Crippen molar-refractivity contribution in [1.82, 2.24) is 4.90 Å². The topological polar surface area (TPSA) is 126 Å². The molecule has 184 valence electrons. The Bertz CT molecular complexity index is 924. The Morgan fingerprint density at radius 1 is 0.722 bits per heavy atom. The SMILES string of the molecule is C.[C-]#[N+]C[N+](=CC=CN(CC#N)CC#N)C[N+]#[C-].[C-]#[N+]C[NH+](/C=C/C=[N+](CC#N)CC#N)C[N+]#[C-].[Cl-]. The highest BCUT2D eigenvalue weighted by molar-refractivity contribution is 5.66. The molecule has 0 unspecified atom stereocenters. The number of hydrogen-bond acceptors (Lipinski definition) is 5. The molecule has 36 heavy (non-hydrogen) atoms. The first-order valence-electron chi connectivity index (χ1n) is 9.47. The van der Waals surface area contributed by atoms with Crippen LogP contribution in [0.1, 0.15) is 7.43 Å². The standard InChI is InChI=1S/2C11H11N6.CH4.ClH/c2*1-14-10-17(11-15-2)7-3-6-16(8-4-12)9-5-13;;/h2*3,6-7H,8-11H2;1H4;1H/q2*+1;;. The van der Waals surface area contributed by atoms with Crippen LogP contribution in [0.15, 0.2) is 24.6 Å². The summed E-state index contributed by atoms with van der Waals surface area (Å²) < 4.78 is 3.08. The molecule has 0 aromatic heterocycles. The second kappa shape index (κ2) is 29.8. The van der Waals surface area contributed by atoms with Crippen LogP contribution in [0, 0.1) is 71.6 Å². The third-order valence-corrected chi connectivity index (χ3v) is 3.39. The Morgan fingerprint density at radius 3 is 1.58 bits per heavy atom. The molecule has 0 saturated heterocycles. The van der Waals surface area contributed by atoms with Crippen molar-refractivity contribution < 1.29 is 26.5 Å². The van der Waals surface area contributed by atoms with Gasteiger partial charge in [-0.15, -0.1) is 0 Å². The lowest BCUT2D eigenvalue weighted by atomic mass is 10.5. The van der Waals surface area contributed by atoms with E-state index >= 15 is 0 Å². The van der Waals surface area contributed by atoms with E-state index in [0.717, 1.165) is 4.90 Å². The molecule has 0 aliphatic rings. The summed E-state index contributed by atoms with van der Waals surface area (Å²) in [4.78, 5) is 15.0. The molecule has 12 nitrogen and oxygen atoms in total. The van der Waals surface area contributed by atoms with Crippen molar-refractivity contribution in [3.63, 3.8) is 0 Å². The van der Waals surface area contributed by atoms with E-state index in [1.54, 1.807) is 41.6 Å². The first-order valence-corrected chi connectivity index (χ1v) is 9.47. The number of nitriles is 4. The molecule has 0 heterocycles. The minimum absolute atomic E-state index is 0. The van der Waals surface area contributed by atoms with E-state index in [1.165, 1.54) is 9.48 Å². The van der Waals surface area contributed by atoms with Crippen molar-refractivity contribution in [2.24, 2.45) is 0 Å². The van der Waals surface area contributed by atoms with Crippen LogP contribution in [-0.2, 0) is 0 Å². The van der Waals surface area contributed by atoms with Gasteiger partial charge in [-0.2, -0.15) is 25.9 Å². The number of nitrogens with one attached hydrogen (secondary N) is 1. The highest BCUT2D eigenvalue weighted by Crippen LogP contribution is 1.87. The normalized spacial score (nSPS) is 8.25. The quantitative estimate of drug-likeness (QED) is 0.137. The highest BCUT2D eigenvalue weighted by Gasteiger charge is 2.08. The Hall–Kier alpha value is -5.21. The third kappa shape index (κ3) is 23.5. The average molecular weight is 507 g/mol. The summed E-state index contributed by atoms with van der Waals surface area (Å²) in [7, 11) is 0. The fourth-order valence-corrected chi connectivity index (χ4v) is 1.95. The Kier molecular flexibility index (Phi) is 31.5. The van der Waals surface area contributed by atoms with Gasteiger partial charge in [0.15, 0.2) is 12.4 Å². The second-order valence-corrected chi connectivity index (χ2v) is 5.92. The minimum atomic E-state index is 0. The first kappa shape index (κ1) is 38.1. The van der Waals surface area contributed by atoms with Crippen molar-refractivity contribution in [1.29, 1.82) is 21.0 Å². The fourth-order valence-electron chi connectivity index (χ4n) is 1.95. The molecule has 0 aromatic carbocycles. The number of nitrogens with zero attached hydrogens (tertiary/aromatic N) is 11. The molecule has 0 atom stereocenters. The van der Waals surface area contributed by atoms with E-state index in [9.17, 15) is 0 Å². The summed E-state index contributed by atoms with van der Waals surface area (Å²) in [6.07, 6.45) is 9.74. The Balaban J connectivity index is -0.000000269. The van der Waals surface area contributed by atoms with Gasteiger partial charge in [-0.1, -0.05) is 12.0 Å². The fraction of sp³-hybridized carbons (Fsp3) is 0.391. The number of rotatable bonds is 12. The van der Waals surface area contributed by atoms with E-state index in [0.29, 0.717) is 0 Å². The number of allylic oxidation sites excluding steroid dienone is 2. The Labute approximate surface area is 219 Å². The molecule has 0 rings (SSSR count). The van der Waals surface area contributed by atoms with E-state index in [2.05, 4.69) is 19.4 Å². The molecule has 0 radical (unpaired) electrons. The smallest absolute Gasteiger partial charge is 0.407 e. The number of halogens is 1. The second-order valence-electron chi connectivity index (χ2n) is 5.92. The van der Waals surface area contributed by atoms with Crippen LogP contribution in [0.4, 0.5) is 0 Å². The number of hydrogen-bond donors (Lipinski definition) is 1. The molecular formula is C23H27ClN12+2. The molecule has 0 saturated carbocycles. The largest absolute Gasteiger partial charge is 1.00 e. The van der Waals surface area contributed by atoms with Crippen LogP contribution in [0.3, 0.4) is 0 Å². The lowest BCUT2D eigenvalue weighted by molar-refractivity contribution is -0.834. The zero-order chi connectivity index (χ0) is 25.9. The summed E-state index contributed by atoms with van der Waals surface area (Å²) in [5.41, 5.74) is 0. The molecular weight excluding hydrogens is 480 g/mol. The summed E-state index contributed by atoms with van der Waals surface area (Å²) in [6, 6.07) is 7.77. The van der Waals surface area contributed by atoms with Gasteiger partial charge in [-0.05, 0) is 0 Å². The molecule has 0 bridgehead atoms. The lowest BCUT2D eigenvalue weighted by Gasteiger charge is -2.09. The van der Waals surface area contributed by atoms with Crippen LogP contribution >= 0.6 is 0 Å². The van der Waals surface area contributed by atoms with Gasteiger partial charge in [0, 0.05) is 12.3 Å². The van der Waals surface area contributed by atoms with E-state index in [-0.39, 0.29) is 72.7 Å². The lowest BCUT2D eigenvalue weighted by Crippen LogP contribution is -3.06. The predicted molar refractivity (Wildman–Crippen MR) is 128 cm³/mol. The van der Waals surface area contributed by atoms with Gasteiger partial charge < -0.3 is 17.3 Å². The summed E-state index contributed by atoms with van der Waals surface area (Å²) >= 11 is 0. The van der Waals surface area contributed by atoms with Gasteiger partial charge in [-0.25, -0.2) is 40.6 Å². The average Bonchev–Trinajstić information content (AvgIpc) is 2.81. The van der Waals surface area contributed by atoms with Crippen LogP contribution in [0.5, 0.6) is 0 Å². The molecule has 0 amide bonds. The minimum Gasteiger partial charge on any atom is -1.00 e. The van der Waals surface area contributed by atoms with Crippen molar-refractivity contribution in [2.45, 2.75) is 7.43 Å². The van der Waals surface area contributed by atoms with Crippen molar-refractivity contribution in [3.8, 4) is 24.3 Å². The van der Waals surface area contributed by atoms with Gasteiger partial charge in [0.1, 0.15) is 31.4 Å². The van der Waals surface area contributed by atoms with Crippen LogP contribution in [0.25, 0.3) is 19.4 Å². The first-order chi connectivity index (χ1) is 16.6. The van der Waals surface area contributed by atoms with Gasteiger partial charge >= 0.3 is 26.7 Å². The molecule has 0 aliphatic carbocycles. The zero-order valence-corrected chi connectivity index (χ0v) is 19.7. The predicted octanol–water partition coefficient (Wildman–Crippen LogP) is -2.40. The molecule has 1 N–H and O–H groups in total. The molecule has 13 heteroatoms. The van der Waals surface area contributed by atoms with Crippen LogP contribution < -0.4 is 17.3 Å². The molecule has 0 aliphatic heterocycles.